The van der Waals surface area contributed by atoms with E-state index < -0.39 is 0 Å². The van der Waals surface area contributed by atoms with Crippen molar-refractivity contribution in [3.05, 3.63) is 24.0 Å². The first-order valence-corrected chi connectivity index (χ1v) is 10.4. The number of hydrogen-bond acceptors (Lipinski definition) is 4. The third-order valence-electron chi connectivity index (χ3n) is 6.04. The van der Waals surface area contributed by atoms with Gasteiger partial charge in [-0.1, -0.05) is 19.3 Å². The van der Waals surface area contributed by atoms with Crippen LogP contribution in [0, 0.1) is 0 Å². The van der Waals surface area contributed by atoms with Crippen molar-refractivity contribution in [1.82, 2.24) is 20.2 Å². The molecule has 0 bridgehead atoms. The van der Waals surface area contributed by atoms with Crippen LogP contribution in [0.15, 0.2) is 18.3 Å². The summed E-state index contributed by atoms with van der Waals surface area (Å²) in [5.41, 5.74) is 1.56. The number of pyridine rings is 1. The molecule has 6 heteroatoms. The number of amides is 1. The average Bonchev–Trinajstić information content (AvgIpc) is 3.12. The van der Waals surface area contributed by atoms with Gasteiger partial charge in [0.05, 0.1) is 11.7 Å². The summed E-state index contributed by atoms with van der Waals surface area (Å²) in [4.78, 5) is 25.3. The number of nitrogens with one attached hydrogen (secondary N) is 2. The fraction of sp³-hybridized carbons (Fsp3) is 0.619. The maximum Gasteiger partial charge on any atom is 0.267 e. The van der Waals surface area contributed by atoms with Crippen LogP contribution >= 0.6 is 0 Å². The molecule has 6 nitrogen and oxygen atoms in total. The van der Waals surface area contributed by atoms with E-state index in [0.29, 0.717) is 17.8 Å². The molecule has 4 rings (SSSR count). The molecule has 2 aromatic rings. The number of anilines is 1. The molecule has 0 spiro atoms. The van der Waals surface area contributed by atoms with E-state index in [4.69, 9.17) is 0 Å². The Morgan fingerprint density at radius 1 is 1.15 bits per heavy atom. The van der Waals surface area contributed by atoms with E-state index in [1.54, 1.807) is 0 Å². The Kier molecular flexibility index (Phi) is 5.34. The zero-order chi connectivity index (χ0) is 18.8. The number of rotatable bonds is 4. The lowest BCUT2D eigenvalue weighted by Gasteiger charge is -2.37. The fourth-order valence-electron chi connectivity index (χ4n) is 4.29. The first-order valence-electron chi connectivity index (χ1n) is 10.4. The molecule has 2 aliphatic rings. The number of carbonyl (C=O) groups excluding carboxylic acids is 1. The minimum Gasteiger partial charge on any atom is -0.354 e. The van der Waals surface area contributed by atoms with E-state index in [1.165, 1.54) is 19.3 Å². The Balaban J connectivity index is 1.44. The number of H-pyrrole nitrogens is 1. The number of fused-ring (bicyclic) bond motifs is 1. The van der Waals surface area contributed by atoms with Crippen LogP contribution in [0.25, 0.3) is 10.9 Å². The van der Waals surface area contributed by atoms with Gasteiger partial charge < -0.3 is 15.2 Å². The lowest BCUT2D eigenvalue weighted by Crippen LogP contribution is -2.49. The fourth-order valence-corrected chi connectivity index (χ4v) is 4.29. The molecule has 2 aromatic heterocycles. The van der Waals surface area contributed by atoms with Crippen molar-refractivity contribution in [3.63, 3.8) is 0 Å². The summed E-state index contributed by atoms with van der Waals surface area (Å²) in [7, 11) is 0. The lowest BCUT2D eigenvalue weighted by atomic mass is 9.95. The summed E-state index contributed by atoms with van der Waals surface area (Å²) in [5.74, 6) is 1.01. The molecule has 0 unspecified atom stereocenters. The number of carbonyl (C=O) groups is 1. The van der Waals surface area contributed by atoms with Crippen molar-refractivity contribution in [3.8, 4) is 0 Å². The van der Waals surface area contributed by atoms with Crippen LogP contribution in [0.2, 0.25) is 0 Å². The van der Waals surface area contributed by atoms with Gasteiger partial charge in [-0.2, -0.15) is 0 Å². The average molecular weight is 370 g/mol. The van der Waals surface area contributed by atoms with Gasteiger partial charge in [0.25, 0.3) is 5.91 Å². The van der Waals surface area contributed by atoms with E-state index in [-0.39, 0.29) is 5.91 Å². The highest BCUT2D eigenvalue weighted by Crippen LogP contribution is 2.23. The molecular formula is C21H31N5O. The highest BCUT2D eigenvalue weighted by atomic mass is 16.1. The van der Waals surface area contributed by atoms with Crippen LogP contribution in [0.1, 0.15) is 56.4 Å². The van der Waals surface area contributed by atoms with Crippen molar-refractivity contribution in [1.29, 1.82) is 0 Å². The second-order valence-electron chi connectivity index (χ2n) is 8.24. The molecule has 0 radical (unpaired) electrons. The van der Waals surface area contributed by atoms with Gasteiger partial charge in [-0.3, -0.25) is 9.69 Å². The van der Waals surface area contributed by atoms with Crippen molar-refractivity contribution >= 4 is 22.6 Å². The second kappa shape index (κ2) is 7.89. The van der Waals surface area contributed by atoms with Crippen molar-refractivity contribution < 1.29 is 4.79 Å². The van der Waals surface area contributed by atoms with Crippen molar-refractivity contribution in [2.75, 3.05) is 31.1 Å². The van der Waals surface area contributed by atoms with E-state index in [1.807, 2.05) is 12.3 Å². The zero-order valence-electron chi connectivity index (χ0n) is 16.5. The maximum absolute atomic E-state index is 12.6. The van der Waals surface area contributed by atoms with Gasteiger partial charge in [-0.05, 0) is 38.8 Å². The second-order valence-corrected chi connectivity index (χ2v) is 8.24. The van der Waals surface area contributed by atoms with Gasteiger partial charge in [-0.25, -0.2) is 4.98 Å². The molecule has 1 saturated heterocycles. The molecule has 2 N–H and O–H groups in total. The van der Waals surface area contributed by atoms with E-state index >= 15 is 0 Å². The van der Waals surface area contributed by atoms with Crippen molar-refractivity contribution in [2.24, 2.45) is 0 Å². The predicted molar refractivity (Wildman–Crippen MR) is 109 cm³/mol. The van der Waals surface area contributed by atoms with Crippen LogP contribution in [0.3, 0.4) is 0 Å². The molecule has 1 aliphatic carbocycles. The van der Waals surface area contributed by atoms with Gasteiger partial charge in [0.15, 0.2) is 0 Å². The summed E-state index contributed by atoms with van der Waals surface area (Å²) < 4.78 is 0. The topological polar surface area (TPSA) is 64.3 Å². The van der Waals surface area contributed by atoms with E-state index in [2.05, 4.69) is 45.0 Å². The molecule has 1 aliphatic heterocycles. The van der Waals surface area contributed by atoms with Gasteiger partial charge >= 0.3 is 0 Å². The van der Waals surface area contributed by atoms with Crippen LogP contribution < -0.4 is 10.2 Å². The lowest BCUT2D eigenvalue weighted by molar-refractivity contribution is 0.0923. The molecule has 3 heterocycles. The smallest absolute Gasteiger partial charge is 0.267 e. The molecule has 1 saturated carbocycles. The molecule has 146 valence electrons. The maximum atomic E-state index is 12.6. The summed E-state index contributed by atoms with van der Waals surface area (Å²) >= 11 is 0. The van der Waals surface area contributed by atoms with Crippen LogP contribution in [0.5, 0.6) is 0 Å². The predicted octanol–water partition coefficient (Wildman–Crippen LogP) is 3.16. The Morgan fingerprint density at radius 3 is 2.59 bits per heavy atom. The largest absolute Gasteiger partial charge is 0.354 e. The standard InChI is InChI=1S/C21H31N5O/c1-15(2)25-8-10-26(11-9-25)20-13-16-12-18(24-19(16)14-22-20)21(27)23-17-6-4-3-5-7-17/h12-15,17,24H,3-11H2,1-2H3,(H,23,27). The summed E-state index contributed by atoms with van der Waals surface area (Å²) in [6.45, 7) is 8.63. The normalized spacial score (nSPS) is 19.7. The summed E-state index contributed by atoms with van der Waals surface area (Å²) in [6.07, 6.45) is 7.78. The third kappa shape index (κ3) is 4.10. The first-order chi connectivity index (χ1) is 13.1. The molecule has 0 atom stereocenters. The van der Waals surface area contributed by atoms with Crippen LogP contribution in [0.4, 0.5) is 5.82 Å². The van der Waals surface area contributed by atoms with Crippen molar-refractivity contribution in [2.45, 2.75) is 58.0 Å². The molecule has 2 fully saturated rings. The Labute approximate surface area is 161 Å². The number of aromatic nitrogens is 2. The SMILES string of the molecule is CC(C)N1CCN(c2cc3cc(C(=O)NC4CCCCC4)[nH]c3cn2)CC1. The third-order valence-corrected chi connectivity index (χ3v) is 6.04. The molecular weight excluding hydrogens is 338 g/mol. The van der Waals surface area contributed by atoms with Gasteiger partial charge in [0.2, 0.25) is 0 Å². The minimum absolute atomic E-state index is 0.00481. The van der Waals surface area contributed by atoms with Crippen LogP contribution in [-0.4, -0.2) is 59.0 Å². The molecule has 27 heavy (non-hydrogen) atoms. The Bertz CT molecular complexity index is 785. The monoisotopic (exact) mass is 369 g/mol. The first kappa shape index (κ1) is 18.3. The van der Waals surface area contributed by atoms with E-state index in [9.17, 15) is 4.79 Å². The van der Waals surface area contributed by atoms with Gasteiger partial charge in [-0.15, -0.1) is 0 Å². The highest BCUT2D eigenvalue weighted by Gasteiger charge is 2.21. The minimum atomic E-state index is 0.00481. The van der Waals surface area contributed by atoms with Gasteiger partial charge in [0.1, 0.15) is 11.5 Å². The number of hydrogen-bond donors (Lipinski definition) is 2. The highest BCUT2D eigenvalue weighted by molar-refractivity contribution is 5.98. The number of nitrogens with zero attached hydrogens (tertiary/aromatic N) is 3. The quantitative estimate of drug-likeness (QED) is 0.869. The van der Waals surface area contributed by atoms with Gasteiger partial charge in [0, 0.05) is 43.6 Å². The molecule has 0 aromatic carbocycles. The Hall–Kier alpha value is -2.08. The Morgan fingerprint density at radius 2 is 1.89 bits per heavy atom. The summed E-state index contributed by atoms with van der Waals surface area (Å²) in [6, 6.07) is 4.98. The van der Waals surface area contributed by atoms with E-state index in [0.717, 1.165) is 55.7 Å². The number of aromatic amines is 1. The number of piperazine rings is 1. The molecule has 1 amide bonds. The van der Waals surface area contributed by atoms with Crippen LogP contribution in [-0.2, 0) is 0 Å². The zero-order valence-corrected chi connectivity index (χ0v) is 16.5. The summed E-state index contributed by atoms with van der Waals surface area (Å²) in [5, 5.41) is 4.24.